The quantitative estimate of drug-likeness (QED) is 0.144. The van der Waals surface area contributed by atoms with Gasteiger partial charge in [0.2, 0.25) is 5.91 Å². The van der Waals surface area contributed by atoms with E-state index in [-0.39, 0.29) is 54.0 Å². The van der Waals surface area contributed by atoms with Crippen molar-refractivity contribution in [3.8, 4) is 11.3 Å². The number of rotatable bonds is 11. The van der Waals surface area contributed by atoms with Gasteiger partial charge in [0.25, 0.3) is 12.3 Å². The number of anilines is 2. The highest BCUT2D eigenvalue weighted by molar-refractivity contribution is 5.96. The van der Waals surface area contributed by atoms with Crippen molar-refractivity contribution in [3.63, 3.8) is 0 Å². The fraction of sp³-hybridized carbons (Fsp3) is 0.414. The molecule has 5 N–H and O–H groups in total. The Morgan fingerprint density at radius 2 is 1.91 bits per heavy atom. The number of nitrogens with one attached hydrogen (secondary N) is 3. The highest BCUT2D eigenvalue weighted by atomic mass is 19.4. The Bertz CT molecular complexity index is 1680. The Balaban J connectivity index is 1.29. The summed E-state index contributed by atoms with van der Waals surface area (Å²) < 4.78 is 68.9. The number of halogens is 5. The van der Waals surface area contributed by atoms with Crippen LogP contribution in [0.5, 0.6) is 0 Å². The molecule has 0 bridgehead atoms. The number of carbonyl (C=O) groups is 2. The number of hydrogen-bond donors (Lipinski definition) is 4. The van der Waals surface area contributed by atoms with Crippen molar-refractivity contribution in [2.45, 2.75) is 57.8 Å². The first-order chi connectivity index (χ1) is 21.4. The van der Waals surface area contributed by atoms with Gasteiger partial charge in [-0.1, -0.05) is 6.92 Å². The number of benzene rings is 1. The number of amides is 2. The molecule has 11 nitrogen and oxygen atoms in total. The molecule has 0 spiro atoms. The SMILES string of the molecule is CCc1cc(Nc2nccn3c(-c4cn(CC(F)F)nc4C(F)(F)F)cnc23)ccc1C(=O)NCCNC(=O)[C@@H]1CC[C@H](N)C1. The summed E-state index contributed by atoms with van der Waals surface area (Å²) in [7, 11) is 0. The molecule has 0 aliphatic heterocycles. The minimum Gasteiger partial charge on any atom is -0.354 e. The summed E-state index contributed by atoms with van der Waals surface area (Å²) in [5.74, 6) is -0.236. The molecule has 0 radical (unpaired) electrons. The van der Waals surface area contributed by atoms with Gasteiger partial charge in [0.05, 0.1) is 17.5 Å². The number of imidazole rings is 1. The Hall–Kier alpha value is -4.60. The number of fused-ring (bicyclic) bond motifs is 1. The Labute approximate surface area is 254 Å². The third-order valence-corrected chi connectivity index (χ3v) is 7.61. The molecular formula is C29H32F5N9O2. The molecule has 1 aliphatic carbocycles. The van der Waals surface area contributed by atoms with Gasteiger partial charge in [-0.15, -0.1) is 0 Å². The molecule has 5 rings (SSSR count). The van der Waals surface area contributed by atoms with Gasteiger partial charge < -0.3 is 21.7 Å². The fourth-order valence-electron chi connectivity index (χ4n) is 5.44. The van der Waals surface area contributed by atoms with Crippen LogP contribution in [-0.2, 0) is 23.9 Å². The van der Waals surface area contributed by atoms with Gasteiger partial charge in [-0.25, -0.2) is 18.7 Å². The summed E-state index contributed by atoms with van der Waals surface area (Å²) in [6, 6.07) is 5.10. The zero-order chi connectivity index (χ0) is 32.3. The fourth-order valence-corrected chi connectivity index (χ4v) is 5.44. The molecule has 0 saturated heterocycles. The average Bonchev–Trinajstić information content (AvgIpc) is 3.73. The third kappa shape index (κ3) is 7.21. The van der Waals surface area contributed by atoms with Crippen LogP contribution in [0.1, 0.15) is 47.8 Å². The molecule has 2 atom stereocenters. The van der Waals surface area contributed by atoms with Crippen LogP contribution < -0.4 is 21.7 Å². The number of aryl methyl sites for hydroxylation is 1. The maximum Gasteiger partial charge on any atom is 0.435 e. The van der Waals surface area contributed by atoms with Gasteiger partial charge in [-0.2, -0.15) is 18.3 Å². The Morgan fingerprint density at radius 3 is 2.60 bits per heavy atom. The number of aromatic nitrogens is 5. The smallest absolute Gasteiger partial charge is 0.354 e. The summed E-state index contributed by atoms with van der Waals surface area (Å²) >= 11 is 0. The second-order valence-electron chi connectivity index (χ2n) is 10.8. The van der Waals surface area contributed by atoms with Gasteiger partial charge in [-0.05, 0) is 49.4 Å². The normalized spacial score (nSPS) is 16.8. The molecule has 0 unspecified atom stereocenters. The molecule has 1 aromatic carbocycles. The molecule has 2 amide bonds. The summed E-state index contributed by atoms with van der Waals surface area (Å²) in [5.41, 5.74) is 6.07. The first-order valence-corrected chi connectivity index (χ1v) is 14.4. The number of carbonyl (C=O) groups excluding carboxylic acids is 2. The van der Waals surface area contributed by atoms with E-state index in [9.17, 15) is 31.5 Å². The lowest BCUT2D eigenvalue weighted by Crippen LogP contribution is -2.37. The minimum absolute atomic E-state index is 0.00688. The van der Waals surface area contributed by atoms with Crippen molar-refractivity contribution in [1.82, 2.24) is 34.8 Å². The summed E-state index contributed by atoms with van der Waals surface area (Å²) in [5, 5.41) is 12.1. The average molecular weight is 634 g/mol. The third-order valence-electron chi connectivity index (χ3n) is 7.61. The summed E-state index contributed by atoms with van der Waals surface area (Å²) in [6.45, 7) is 1.43. The zero-order valence-corrected chi connectivity index (χ0v) is 24.2. The molecule has 45 heavy (non-hydrogen) atoms. The van der Waals surface area contributed by atoms with Crippen molar-refractivity contribution in [2.75, 3.05) is 18.4 Å². The van der Waals surface area contributed by atoms with E-state index in [4.69, 9.17) is 5.73 Å². The van der Waals surface area contributed by atoms with Crippen LogP contribution in [-0.4, -0.2) is 61.5 Å². The predicted molar refractivity (Wildman–Crippen MR) is 155 cm³/mol. The van der Waals surface area contributed by atoms with E-state index in [1.54, 1.807) is 18.2 Å². The molecule has 16 heteroatoms. The summed E-state index contributed by atoms with van der Waals surface area (Å²) in [4.78, 5) is 33.7. The number of nitrogens with zero attached hydrogens (tertiary/aromatic N) is 5. The molecule has 240 valence electrons. The minimum atomic E-state index is -4.89. The standard InChI is InChI=1S/C29H32F5N9O2/c1-2-16-12-19(5-6-20(16)28(45)38-8-7-37-27(44)17-3-4-18(35)11-17)40-25-26-39-13-22(43(26)10-9-36-25)21-14-42(15-23(30)31)41-24(21)29(32,33)34/h5-6,9-10,12-14,17-18,23H,2-4,7-8,11,15,35H2,1H3,(H,36,40)(H,37,44)(H,38,45)/t17-,18+/m1/s1. The van der Waals surface area contributed by atoms with E-state index >= 15 is 0 Å². The van der Waals surface area contributed by atoms with Crippen LogP contribution in [0.2, 0.25) is 0 Å². The molecule has 4 aromatic rings. The lowest BCUT2D eigenvalue weighted by atomic mass is 10.0. The first kappa shape index (κ1) is 31.8. The predicted octanol–water partition coefficient (Wildman–Crippen LogP) is 4.16. The Morgan fingerprint density at radius 1 is 1.13 bits per heavy atom. The van der Waals surface area contributed by atoms with E-state index in [1.807, 2.05) is 6.92 Å². The Kier molecular flexibility index (Phi) is 9.32. The number of alkyl halides is 5. The van der Waals surface area contributed by atoms with Crippen LogP contribution in [0.4, 0.5) is 33.5 Å². The van der Waals surface area contributed by atoms with E-state index in [2.05, 4.69) is 31.0 Å². The van der Waals surface area contributed by atoms with Crippen molar-refractivity contribution in [1.29, 1.82) is 0 Å². The van der Waals surface area contributed by atoms with E-state index in [0.717, 1.165) is 24.6 Å². The van der Waals surface area contributed by atoms with E-state index < -0.39 is 30.4 Å². The lowest BCUT2D eigenvalue weighted by Gasteiger charge is -2.14. The molecule has 1 saturated carbocycles. The summed E-state index contributed by atoms with van der Waals surface area (Å²) in [6.07, 6.45) is -0.120. The van der Waals surface area contributed by atoms with Crippen LogP contribution in [0.25, 0.3) is 16.9 Å². The number of nitrogens with two attached hydrogens (primary N) is 1. The monoisotopic (exact) mass is 633 g/mol. The van der Waals surface area contributed by atoms with Crippen molar-refractivity contribution >= 4 is 29.0 Å². The van der Waals surface area contributed by atoms with Crippen molar-refractivity contribution in [2.24, 2.45) is 11.7 Å². The zero-order valence-electron chi connectivity index (χ0n) is 24.2. The molecule has 1 fully saturated rings. The molecular weight excluding hydrogens is 601 g/mol. The molecule has 3 heterocycles. The van der Waals surface area contributed by atoms with E-state index in [0.29, 0.717) is 28.8 Å². The maximum atomic E-state index is 13.7. The van der Waals surface area contributed by atoms with Crippen molar-refractivity contribution < 1.29 is 31.5 Å². The van der Waals surface area contributed by atoms with Gasteiger partial charge in [0.1, 0.15) is 6.54 Å². The second kappa shape index (κ2) is 13.2. The lowest BCUT2D eigenvalue weighted by molar-refractivity contribution is -0.141. The van der Waals surface area contributed by atoms with Gasteiger partial charge in [-0.3, -0.25) is 18.7 Å². The highest BCUT2D eigenvalue weighted by Gasteiger charge is 2.38. The number of hydrogen-bond acceptors (Lipinski definition) is 7. The van der Waals surface area contributed by atoms with Crippen LogP contribution in [0.15, 0.2) is 43.0 Å². The maximum absolute atomic E-state index is 13.7. The second-order valence-corrected chi connectivity index (χ2v) is 10.8. The van der Waals surface area contributed by atoms with Gasteiger partial charge in [0.15, 0.2) is 17.2 Å². The van der Waals surface area contributed by atoms with Crippen LogP contribution >= 0.6 is 0 Å². The van der Waals surface area contributed by atoms with Crippen molar-refractivity contribution in [3.05, 3.63) is 59.8 Å². The molecule has 3 aromatic heterocycles. The van der Waals surface area contributed by atoms with Crippen LogP contribution in [0.3, 0.4) is 0 Å². The first-order valence-electron chi connectivity index (χ1n) is 14.4. The van der Waals surface area contributed by atoms with E-state index in [1.165, 1.54) is 23.0 Å². The topological polar surface area (TPSA) is 144 Å². The highest BCUT2D eigenvalue weighted by Crippen LogP contribution is 2.37. The van der Waals surface area contributed by atoms with Gasteiger partial charge in [0, 0.05) is 54.9 Å². The van der Waals surface area contributed by atoms with Crippen LogP contribution in [0, 0.1) is 5.92 Å². The largest absolute Gasteiger partial charge is 0.435 e. The molecule has 1 aliphatic rings. The van der Waals surface area contributed by atoms with Gasteiger partial charge >= 0.3 is 6.18 Å².